The maximum Gasteiger partial charge on any atom is 0.239 e. The number of halogens is 2. The summed E-state index contributed by atoms with van der Waals surface area (Å²) in [6.45, 7) is 9.38. The topological polar surface area (TPSA) is 49.6 Å². The van der Waals surface area contributed by atoms with Crippen molar-refractivity contribution in [2.45, 2.75) is 26.8 Å². The average molecular weight is 348 g/mol. The van der Waals surface area contributed by atoms with E-state index in [2.05, 4.69) is 36.1 Å². The summed E-state index contributed by atoms with van der Waals surface area (Å²) in [5, 5.41) is 0. The Kier molecular flexibility index (Phi) is 8.83. The number of nitrogens with zero attached hydrogens (tertiary/aromatic N) is 2. The molecule has 1 atom stereocenters. The van der Waals surface area contributed by atoms with Crippen molar-refractivity contribution in [2.24, 2.45) is 11.7 Å². The number of benzene rings is 1. The van der Waals surface area contributed by atoms with Gasteiger partial charge in [-0.2, -0.15) is 0 Å². The second kappa shape index (κ2) is 9.23. The third-order valence-electron chi connectivity index (χ3n) is 4.05. The Balaban J connectivity index is 0.00000220. The van der Waals surface area contributed by atoms with Gasteiger partial charge in [-0.25, -0.2) is 0 Å². The molecule has 1 aliphatic rings. The van der Waals surface area contributed by atoms with Gasteiger partial charge in [0.1, 0.15) is 0 Å². The van der Waals surface area contributed by atoms with E-state index in [1.165, 1.54) is 11.3 Å². The summed E-state index contributed by atoms with van der Waals surface area (Å²) in [6.07, 6.45) is 0. The summed E-state index contributed by atoms with van der Waals surface area (Å²) in [4.78, 5) is 16.5. The van der Waals surface area contributed by atoms with Gasteiger partial charge in [-0.05, 0) is 24.5 Å². The summed E-state index contributed by atoms with van der Waals surface area (Å²) >= 11 is 0. The third-order valence-corrected chi connectivity index (χ3v) is 4.05. The van der Waals surface area contributed by atoms with Crippen LogP contribution < -0.4 is 10.6 Å². The van der Waals surface area contributed by atoms with E-state index in [1.807, 2.05) is 18.7 Å². The van der Waals surface area contributed by atoms with Gasteiger partial charge in [0.15, 0.2) is 0 Å². The minimum absolute atomic E-state index is 0. The lowest BCUT2D eigenvalue weighted by Crippen LogP contribution is -2.54. The first-order valence-corrected chi connectivity index (χ1v) is 7.35. The van der Waals surface area contributed by atoms with Gasteiger partial charge in [-0.15, -0.1) is 24.8 Å². The predicted octanol–water partition coefficient (Wildman–Crippen LogP) is 2.47. The van der Waals surface area contributed by atoms with Crippen molar-refractivity contribution in [3.8, 4) is 0 Å². The Morgan fingerprint density at radius 3 is 2.14 bits per heavy atom. The second-order valence-electron chi connectivity index (χ2n) is 5.87. The number of carbonyl (C=O) groups is 1. The van der Waals surface area contributed by atoms with Crippen LogP contribution in [-0.2, 0) is 4.79 Å². The molecule has 0 saturated carbocycles. The molecule has 0 spiro atoms. The molecule has 1 aliphatic heterocycles. The number of carbonyl (C=O) groups excluding carboxylic acids is 1. The van der Waals surface area contributed by atoms with Crippen LogP contribution in [0.4, 0.5) is 5.69 Å². The number of aryl methyl sites for hydroxylation is 1. The van der Waals surface area contributed by atoms with E-state index < -0.39 is 0 Å². The van der Waals surface area contributed by atoms with Gasteiger partial charge < -0.3 is 15.5 Å². The van der Waals surface area contributed by atoms with E-state index in [0.29, 0.717) is 0 Å². The molecule has 4 nitrogen and oxygen atoms in total. The highest BCUT2D eigenvalue weighted by molar-refractivity contribution is 5.85. The number of piperazine rings is 1. The first-order valence-electron chi connectivity index (χ1n) is 7.35. The van der Waals surface area contributed by atoms with Crippen LogP contribution in [0.25, 0.3) is 0 Å². The van der Waals surface area contributed by atoms with Gasteiger partial charge in [-0.3, -0.25) is 4.79 Å². The number of hydrogen-bond acceptors (Lipinski definition) is 3. The van der Waals surface area contributed by atoms with Crippen molar-refractivity contribution in [2.75, 3.05) is 31.1 Å². The quantitative estimate of drug-likeness (QED) is 0.913. The molecule has 1 aromatic rings. The van der Waals surface area contributed by atoms with Gasteiger partial charge in [0.05, 0.1) is 6.04 Å². The Morgan fingerprint density at radius 2 is 1.64 bits per heavy atom. The van der Waals surface area contributed by atoms with Gasteiger partial charge in [0.25, 0.3) is 0 Å². The van der Waals surface area contributed by atoms with Crippen LogP contribution in [0.2, 0.25) is 0 Å². The Bertz CT molecular complexity index is 474. The second-order valence-corrected chi connectivity index (χ2v) is 5.87. The van der Waals surface area contributed by atoms with E-state index in [0.717, 1.165) is 26.2 Å². The van der Waals surface area contributed by atoms with E-state index in [1.54, 1.807) is 0 Å². The number of amides is 1. The summed E-state index contributed by atoms with van der Waals surface area (Å²) in [6, 6.07) is 8.02. The lowest BCUT2D eigenvalue weighted by molar-refractivity contribution is -0.133. The van der Waals surface area contributed by atoms with Crippen molar-refractivity contribution >= 4 is 36.4 Å². The van der Waals surface area contributed by atoms with Gasteiger partial charge in [0.2, 0.25) is 5.91 Å². The lowest BCUT2D eigenvalue weighted by atomic mass is 10.0. The maximum absolute atomic E-state index is 12.2. The van der Waals surface area contributed by atoms with Gasteiger partial charge in [-0.1, -0.05) is 32.0 Å². The number of anilines is 1. The number of nitrogens with two attached hydrogens (primary N) is 1. The molecule has 0 bridgehead atoms. The lowest BCUT2D eigenvalue weighted by Gasteiger charge is -2.38. The first kappa shape index (κ1) is 21.0. The van der Waals surface area contributed by atoms with Crippen molar-refractivity contribution in [3.05, 3.63) is 29.8 Å². The molecule has 126 valence electrons. The standard InChI is InChI=1S/C16H25N3O.2ClH/c1-12(2)15(17)16(20)19-10-8-18(9-11-19)14-7-5-4-6-13(14)3;;/h4-7,12,15H,8-11,17H2,1-3H3;2*1H/t15-;;/m1../s1. The largest absolute Gasteiger partial charge is 0.368 e. The number of para-hydroxylation sites is 1. The fraction of sp³-hybridized carbons (Fsp3) is 0.562. The molecule has 1 fully saturated rings. The van der Waals surface area contributed by atoms with Crippen LogP contribution in [0.3, 0.4) is 0 Å². The Morgan fingerprint density at radius 1 is 1.09 bits per heavy atom. The summed E-state index contributed by atoms with van der Waals surface area (Å²) < 4.78 is 0. The summed E-state index contributed by atoms with van der Waals surface area (Å²) in [5.74, 6) is 0.279. The van der Waals surface area contributed by atoms with Crippen LogP contribution >= 0.6 is 24.8 Å². The molecule has 1 saturated heterocycles. The number of hydrogen-bond donors (Lipinski definition) is 1. The Hall–Kier alpha value is -0.970. The molecule has 0 radical (unpaired) electrons. The molecule has 0 unspecified atom stereocenters. The van der Waals surface area contributed by atoms with Crippen molar-refractivity contribution in [3.63, 3.8) is 0 Å². The van der Waals surface area contributed by atoms with E-state index >= 15 is 0 Å². The average Bonchev–Trinajstić information content (AvgIpc) is 2.46. The van der Waals surface area contributed by atoms with Crippen LogP contribution in [0.1, 0.15) is 19.4 Å². The zero-order valence-electron chi connectivity index (χ0n) is 13.5. The van der Waals surface area contributed by atoms with E-state index in [4.69, 9.17) is 5.73 Å². The van der Waals surface area contributed by atoms with Crippen LogP contribution in [0, 0.1) is 12.8 Å². The van der Waals surface area contributed by atoms with Crippen LogP contribution in [0.15, 0.2) is 24.3 Å². The molecular formula is C16H27Cl2N3O. The van der Waals surface area contributed by atoms with E-state index in [9.17, 15) is 4.79 Å². The molecule has 2 N–H and O–H groups in total. The van der Waals surface area contributed by atoms with E-state index in [-0.39, 0.29) is 42.7 Å². The maximum atomic E-state index is 12.2. The van der Waals surface area contributed by atoms with Gasteiger partial charge in [0, 0.05) is 31.9 Å². The highest BCUT2D eigenvalue weighted by Gasteiger charge is 2.27. The number of rotatable bonds is 3. The summed E-state index contributed by atoms with van der Waals surface area (Å²) in [5.41, 5.74) is 8.51. The molecule has 1 amide bonds. The molecular weight excluding hydrogens is 321 g/mol. The van der Waals surface area contributed by atoms with Crippen LogP contribution in [-0.4, -0.2) is 43.0 Å². The fourth-order valence-corrected chi connectivity index (χ4v) is 2.58. The normalized spacial score (nSPS) is 15.9. The summed E-state index contributed by atoms with van der Waals surface area (Å²) in [7, 11) is 0. The van der Waals surface area contributed by atoms with Crippen molar-refractivity contribution in [1.82, 2.24) is 4.90 Å². The molecule has 0 aliphatic carbocycles. The predicted molar refractivity (Wildman–Crippen MR) is 97.3 cm³/mol. The minimum Gasteiger partial charge on any atom is -0.368 e. The zero-order valence-corrected chi connectivity index (χ0v) is 15.1. The highest BCUT2D eigenvalue weighted by Crippen LogP contribution is 2.21. The zero-order chi connectivity index (χ0) is 14.7. The molecule has 22 heavy (non-hydrogen) atoms. The molecule has 0 aromatic heterocycles. The van der Waals surface area contributed by atoms with Gasteiger partial charge >= 0.3 is 0 Å². The van der Waals surface area contributed by atoms with Crippen molar-refractivity contribution in [1.29, 1.82) is 0 Å². The molecule has 1 aromatic carbocycles. The SMILES string of the molecule is Cc1ccccc1N1CCN(C(=O)[C@H](N)C(C)C)CC1.Cl.Cl. The fourth-order valence-electron chi connectivity index (χ4n) is 2.58. The minimum atomic E-state index is -0.375. The molecule has 1 heterocycles. The monoisotopic (exact) mass is 347 g/mol. The third kappa shape index (κ3) is 4.77. The molecule has 6 heteroatoms. The van der Waals surface area contributed by atoms with Crippen LogP contribution in [0.5, 0.6) is 0 Å². The smallest absolute Gasteiger partial charge is 0.239 e. The first-order chi connectivity index (χ1) is 9.50. The Labute approximate surface area is 145 Å². The molecule has 2 rings (SSSR count). The van der Waals surface area contributed by atoms with Crippen molar-refractivity contribution < 1.29 is 4.79 Å². The highest BCUT2D eigenvalue weighted by atomic mass is 35.5.